The van der Waals surface area contributed by atoms with E-state index in [2.05, 4.69) is 22.5 Å². The van der Waals surface area contributed by atoms with Crippen LogP contribution in [0.1, 0.15) is 43.7 Å². The second kappa shape index (κ2) is 6.12. The summed E-state index contributed by atoms with van der Waals surface area (Å²) >= 11 is 1.60. The third kappa shape index (κ3) is 3.26. The molecule has 0 bridgehead atoms. The molecule has 2 unspecified atom stereocenters. The highest BCUT2D eigenvalue weighted by Gasteiger charge is 2.23. The summed E-state index contributed by atoms with van der Waals surface area (Å²) in [4.78, 5) is 16.3. The van der Waals surface area contributed by atoms with Crippen molar-refractivity contribution in [1.82, 2.24) is 15.6 Å². The molecule has 0 aromatic carbocycles. The molecule has 0 aliphatic carbocycles. The predicted molar refractivity (Wildman–Crippen MR) is 68.9 cm³/mol. The third-order valence-electron chi connectivity index (χ3n) is 3.10. The molecule has 2 atom stereocenters. The van der Waals surface area contributed by atoms with Crippen molar-refractivity contribution in [3.8, 4) is 0 Å². The lowest BCUT2D eigenvalue weighted by atomic mass is 10.0. The number of amides is 1. The molecule has 2 rings (SSSR count). The van der Waals surface area contributed by atoms with Gasteiger partial charge < -0.3 is 10.6 Å². The van der Waals surface area contributed by atoms with Crippen molar-refractivity contribution in [3.63, 3.8) is 0 Å². The molecule has 5 heteroatoms. The van der Waals surface area contributed by atoms with Gasteiger partial charge in [0.25, 0.3) is 0 Å². The zero-order valence-electron chi connectivity index (χ0n) is 10.1. The molecule has 0 spiro atoms. The monoisotopic (exact) mass is 253 g/mol. The van der Waals surface area contributed by atoms with Crippen LogP contribution < -0.4 is 10.6 Å². The Hall–Kier alpha value is -0.940. The summed E-state index contributed by atoms with van der Waals surface area (Å²) in [5.41, 5.74) is 0. The minimum atomic E-state index is -0.0160. The topological polar surface area (TPSA) is 54.0 Å². The lowest BCUT2D eigenvalue weighted by molar-refractivity contribution is -0.124. The predicted octanol–water partition coefficient (Wildman–Crippen LogP) is 1.85. The molecule has 4 nitrogen and oxygen atoms in total. The lowest BCUT2D eigenvalue weighted by Gasteiger charge is -2.24. The minimum Gasteiger partial charge on any atom is -0.346 e. The molecule has 94 valence electrons. The smallest absolute Gasteiger partial charge is 0.237 e. The van der Waals surface area contributed by atoms with Gasteiger partial charge in [-0.2, -0.15) is 0 Å². The number of hydrogen-bond donors (Lipinski definition) is 2. The number of aromatic nitrogens is 1. The molecule has 2 N–H and O–H groups in total. The molecule has 1 saturated heterocycles. The summed E-state index contributed by atoms with van der Waals surface area (Å²) in [6.07, 6.45) is 5.92. The van der Waals surface area contributed by atoms with Crippen molar-refractivity contribution in [2.24, 2.45) is 0 Å². The molecule has 1 aromatic heterocycles. The van der Waals surface area contributed by atoms with Gasteiger partial charge in [0.05, 0.1) is 12.1 Å². The molecule has 1 aromatic rings. The lowest BCUT2D eigenvalue weighted by Crippen LogP contribution is -2.47. The Labute approximate surface area is 106 Å². The maximum absolute atomic E-state index is 12.1. The van der Waals surface area contributed by atoms with E-state index in [0.717, 1.165) is 30.8 Å². The number of piperidine rings is 1. The third-order valence-corrected chi connectivity index (χ3v) is 3.99. The van der Waals surface area contributed by atoms with Crippen molar-refractivity contribution in [1.29, 1.82) is 0 Å². The summed E-state index contributed by atoms with van der Waals surface area (Å²) in [5.74, 6) is 0.117. The van der Waals surface area contributed by atoms with Gasteiger partial charge in [-0.15, -0.1) is 11.3 Å². The standard InChI is InChI=1S/C12H19N3OS/c1-2-9(12-14-7-8-17-12)15-11(16)10-5-3-4-6-13-10/h7-10,13H,2-6H2,1H3,(H,15,16). The Morgan fingerprint density at radius 2 is 2.59 bits per heavy atom. The first-order chi connectivity index (χ1) is 8.31. The van der Waals surface area contributed by atoms with E-state index in [1.807, 2.05) is 5.38 Å². The second-order valence-electron chi connectivity index (χ2n) is 4.34. The summed E-state index contributed by atoms with van der Waals surface area (Å²) in [7, 11) is 0. The molecule has 1 aliphatic heterocycles. The van der Waals surface area contributed by atoms with Crippen molar-refractivity contribution in [3.05, 3.63) is 16.6 Å². The molecule has 1 fully saturated rings. The highest BCUT2D eigenvalue weighted by atomic mass is 32.1. The fourth-order valence-electron chi connectivity index (χ4n) is 2.09. The molecule has 0 radical (unpaired) electrons. The van der Waals surface area contributed by atoms with Crippen LogP contribution in [0.5, 0.6) is 0 Å². The van der Waals surface area contributed by atoms with E-state index >= 15 is 0 Å². The fourth-order valence-corrected chi connectivity index (χ4v) is 2.87. The Balaban J connectivity index is 1.92. The molecule has 17 heavy (non-hydrogen) atoms. The molecular weight excluding hydrogens is 234 g/mol. The SMILES string of the molecule is CCC(NC(=O)C1CCCCN1)c1nccs1. The number of hydrogen-bond acceptors (Lipinski definition) is 4. The van der Waals surface area contributed by atoms with Gasteiger partial charge >= 0.3 is 0 Å². The van der Waals surface area contributed by atoms with Crippen LogP contribution in [0, 0.1) is 0 Å². The minimum absolute atomic E-state index is 0.0160. The van der Waals surface area contributed by atoms with Gasteiger partial charge in [0, 0.05) is 11.6 Å². The van der Waals surface area contributed by atoms with Gasteiger partial charge in [-0.3, -0.25) is 4.79 Å². The van der Waals surface area contributed by atoms with E-state index in [1.54, 1.807) is 17.5 Å². The molecule has 1 amide bonds. The van der Waals surface area contributed by atoms with Crippen molar-refractivity contribution in [2.75, 3.05) is 6.54 Å². The van der Waals surface area contributed by atoms with E-state index in [0.29, 0.717) is 0 Å². The Kier molecular flexibility index (Phi) is 4.50. The second-order valence-corrected chi connectivity index (χ2v) is 5.27. The fraction of sp³-hybridized carbons (Fsp3) is 0.667. The number of thiazole rings is 1. The molecule has 0 saturated carbocycles. The van der Waals surface area contributed by atoms with Gasteiger partial charge in [-0.1, -0.05) is 13.3 Å². The maximum Gasteiger partial charge on any atom is 0.237 e. The number of nitrogens with one attached hydrogen (secondary N) is 2. The van der Waals surface area contributed by atoms with E-state index in [9.17, 15) is 4.79 Å². The van der Waals surface area contributed by atoms with Gasteiger partial charge in [0.1, 0.15) is 5.01 Å². The maximum atomic E-state index is 12.1. The number of nitrogens with zero attached hydrogens (tertiary/aromatic N) is 1. The highest BCUT2D eigenvalue weighted by molar-refractivity contribution is 7.09. The zero-order valence-corrected chi connectivity index (χ0v) is 10.9. The molecule has 2 heterocycles. The Morgan fingerprint density at radius 3 is 3.18 bits per heavy atom. The van der Waals surface area contributed by atoms with Crippen molar-refractivity contribution >= 4 is 17.2 Å². The van der Waals surface area contributed by atoms with Gasteiger partial charge in [-0.25, -0.2) is 4.98 Å². The van der Waals surface area contributed by atoms with Crippen LogP contribution in [0.25, 0.3) is 0 Å². The van der Waals surface area contributed by atoms with Crippen LogP contribution >= 0.6 is 11.3 Å². The van der Waals surface area contributed by atoms with Crippen LogP contribution in [-0.4, -0.2) is 23.5 Å². The number of carbonyl (C=O) groups excluding carboxylic acids is 1. The average molecular weight is 253 g/mol. The van der Waals surface area contributed by atoms with Gasteiger partial charge in [0.15, 0.2) is 0 Å². The average Bonchev–Trinajstić information content (AvgIpc) is 2.90. The summed E-state index contributed by atoms with van der Waals surface area (Å²) in [5, 5.41) is 9.29. The van der Waals surface area contributed by atoms with Crippen molar-refractivity contribution < 1.29 is 4.79 Å². The van der Waals surface area contributed by atoms with E-state index < -0.39 is 0 Å². The largest absolute Gasteiger partial charge is 0.346 e. The first-order valence-electron chi connectivity index (χ1n) is 6.24. The zero-order chi connectivity index (χ0) is 12.1. The van der Waals surface area contributed by atoms with Crippen LogP contribution in [0.15, 0.2) is 11.6 Å². The summed E-state index contributed by atoms with van der Waals surface area (Å²) in [6, 6.07) is 0.0454. The Bertz CT molecular complexity index is 347. The van der Waals surface area contributed by atoms with Crippen LogP contribution in [0.2, 0.25) is 0 Å². The number of rotatable bonds is 4. The quantitative estimate of drug-likeness (QED) is 0.861. The van der Waals surface area contributed by atoms with E-state index in [-0.39, 0.29) is 18.0 Å². The highest BCUT2D eigenvalue weighted by Crippen LogP contribution is 2.19. The Morgan fingerprint density at radius 1 is 1.71 bits per heavy atom. The van der Waals surface area contributed by atoms with E-state index in [1.165, 1.54) is 6.42 Å². The van der Waals surface area contributed by atoms with Crippen LogP contribution in [0.4, 0.5) is 0 Å². The van der Waals surface area contributed by atoms with Gasteiger partial charge in [-0.05, 0) is 25.8 Å². The normalized spacial score (nSPS) is 22.1. The summed E-state index contributed by atoms with van der Waals surface area (Å²) < 4.78 is 0. The summed E-state index contributed by atoms with van der Waals surface area (Å²) in [6.45, 7) is 3.02. The van der Waals surface area contributed by atoms with Crippen LogP contribution in [-0.2, 0) is 4.79 Å². The van der Waals surface area contributed by atoms with Gasteiger partial charge in [0.2, 0.25) is 5.91 Å². The van der Waals surface area contributed by atoms with Crippen LogP contribution in [0.3, 0.4) is 0 Å². The number of carbonyl (C=O) groups is 1. The first-order valence-corrected chi connectivity index (χ1v) is 7.12. The molecule has 1 aliphatic rings. The first kappa shape index (κ1) is 12.5. The molecular formula is C12H19N3OS. The van der Waals surface area contributed by atoms with E-state index in [4.69, 9.17) is 0 Å². The van der Waals surface area contributed by atoms with Crippen molar-refractivity contribution in [2.45, 2.75) is 44.7 Å².